The van der Waals surface area contributed by atoms with Gasteiger partial charge >= 0.3 is 10.7 Å². The van der Waals surface area contributed by atoms with Crippen molar-refractivity contribution >= 4 is 44.9 Å². The van der Waals surface area contributed by atoms with Gasteiger partial charge in [-0.05, 0) is 55.8 Å². The summed E-state index contributed by atoms with van der Waals surface area (Å²) in [5.41, 5.74) is 2.19. The molecule has 28 heavy (non-hydrogen) atoms. The number of carbonyl (C=O) groups is 1. The quantitative estimate of drug-likeness (QED) is 0.279. The summed E-state index contributed by atoms with van der Waals surface area (Å²) < 4.78 is 1.59. The molecule has 8 heteroatoms. The number of aryl methyl sites for hydroxylation is 3. The normalized spacial score (nSPS) is 11.0. The molecule has 2 heterocycles. The molecule has 0 fully saturated rings. The Balaban J connectivity index is 1.86. The molecule has 1 aromatic carbocycles. The van der Waals surface area contributed by atoms with Gasteiger partial charge < -0.3 is 10.4 Å². The number of aromatic hydroxyl groups is 1. The number of amides is 1. The molecule has 0 saturated heterocycles. The first kappa shape index (κ1) is 20.2. The first-order valence-corrected chi connectivity index (χ1v) is 10.5. The van der Waals surface area contributed by atoms with Crippen LogP contribution in [0.15, 0.2) is 40.8 Å². The molecule has 6 nitrogen and oxygen atoms in total. The van der Waals surface area contributed by atoms with Crippen LogP contribution in [0.25, 0.3) is 10.2 Å². The van der Waals surface area contributed by atoms with Crippen molar-refractivity contribution in [3.63, 3.8) is 0 Å². The molecular weight excluding hydrogens is 394 g/mol. The van der Waals surface area contributed by atoms with E-state index in [0.29, 0.717) is 22.8 Å². The number of H-pyrrole nitrogens is 1. The van der Waals surface area contributed by atoms with Gasteiger partial charge in [-0.3, -0.25) is 4.79 Å². The third-order valence-corrected chi connectivity index (χ3v) is 6.51. The number of hydrogen-bond donors (Lipinski definition) is 2. The highest BCUT2D eigenvalue weighted by Gasteiger charge is 2.23. The minimum absolute atomic E-state index is 0.0185. The van der Waals surface area contributed by atoms with E-state index in [2.05, 4.69) is 16.9 Å². The zero-order valence-electron chi connectivity index (χ0n) is 16.0. The summed E-state index contributed by atoms with van der Waals surface area (Å²) in [5.74, 6) is -0.157. The molecule has 0 atom stereocenters. The van der Waals surface area contributed by atoms with Gasteiger partial charge in [0, 0.05) is 4.88 Å². The van der Waals surface area contributed by atoms with Crippen LogP contribution in [-0.2, 0) is 11.3 Å². The molecule has 0 aliphatic carbocycles. The summed E-state index contributed by atoms with van der Waals surface area (Å²) in [6, 6.07) is 5.02. The SMILES string of the molecule is C=CCn1c(SCC(=O)Nc2cc(C)ccc2O)[nH+]c2sc(C)c(C)c2c1=O. The summed E-state index contributed by atoms with van der Waals surface area (Å²) >= 11 is 2.77. The fraction of sp³-hybridized carbons (Fsp3) is 0.250. The molecule has 146 valence electrons. The number of aromatic nitrogens is 2. The molecule has 3 aromatic rings. The van der Waals surface area contributed by atoms with E-state index < -0.39 is 0 Å². The summed E-state index contributed by atoms with van der Waals surface area (Å²) in [6.45, 7) is 9.89. The second kappa shape index (κ2) is 8.20. The molecule has 3 rings (SSSR count). The number of hydrogen-bond acceptors (Lipinski definition) is 5. The molecule has 0 unspecified atom stereocenters. The van der Waals surface area contributed by atoms with E-state index in [1.807, 2.05) is 20.8 Å². The van der Waals surface area contributed by atoms with Gasteiger partial charge in [0.05, 0.1) is 11.4 Å². The molecular formula is C20H22N3O3S2+. The van der Waals surface area contributed by atoms with Gasteiger partial charge in [0.1, 0.15) is 17.7 Å². The Morgan fingerprint density at radius 1 is 1.39 bits per heavy atom. The molecule has 0 aliphatic heterocycles. The number of allylic oxidation sites excluding steroid dienone is 1. The number of thiophene rings is 1. The lowest BCUT2D eigenvalue weighted by Crippen LogP contribution is -2.30. The number of carbonyl (C=O) groups excluding carboxylic acids is 1. The topological polar surface area (TPSA) is 85.5 Å². The Kier molecular flexibility index (Phi) is 5.90. The Morgan fingerprint density at radius 2 is 2.14 bits per heavy atom. The number of anilines is 1. The lowest BCUT2D eigenvalue weighted by atomic mass is 10.2. The number of thioether (sulfide) groups is 1. The number of nitrogens with zero attached hydrogens (tertiary/aromatic N) is 1. The third-order valence-electron chi connectivity index (χ3n) is 4.39. The maximum absolute atomic E-state index is 12.9. The largest absolute Gasteiger partial charge is 0.506 e. The van der Waals surface area contributed by atoms with Crippen LogP contribution in [0.3, 0.4) is 0 Å². The zero-order valence-corrected chi connectivity index (χ0v) is 17.6. The van der Waals surface area contributed by atoms with E-state index in [1.165, 1.54) is 23.1 Å². The minimum atomic E-state index is -0.268. The smallest absolute Gasteiger partial charge is 0.347 e. The van der Waals surface area contributed by atoms with Gasteiger partial charge in [0.15, 0.2) is 4.83 Å². The number of fused-ring (bicyclic) bond motifs is 1. The van der Waals surface area contributed by atoms with Crippen molar-refractivity contribution in [1.82, 2.24) is 4.57 Å². The van der Waals surface area contributed by atoms with Gasteiger partial charge in [-0.15, -0.1) is 0 Å². The van der Waals surface area contributed by atoms with Crippen molar-refractivity contribution in [2.24, 2.45) is 0 Å². The summed E-state index contributed by atoms with van der Waals surface area (Å²) in [4.78, 5) is 30.5. The third kappa shape index (κ3) is 3.98. The lowest BCUT2D eigenvalue weighted by Gasteiger charge is -2.08. The number of nitrogens with one attached hydrogen (secondary N) is 2. The minimum Gasteiger partial charge on any atom is -0.506 e. The standard InChI is InChI=1S/C20H21N3O3S2/c1-5-8-23-19(26)17-12(3)13(4)28-18(17)22-20(23)27-10-16(25)21-14-9-11(2)6-7-15(14)24/h5-7,9,24H,1,8,10H2,2-4H3,(H,21,25)/p+1. The zero-order chi connectivity index (χ0) is 20.4. The molecule has 2 aromatic heterocycles. The molecule has 0 bridgehead atoms. The fourth-order valence-electron chi connectivity index (χ4n) is 2.84. The average molecular weight is 417 g/mol. The highest BCUT2D eigenvalue weighted by Crippen LogP contribution is 2.27. The molecule has 0 radical (unpaired) electrons. The fourth-order valence-corrected chi connectivity index (χ4v) is 4.79. The molecule has 1 amide bonds. The molecule has 0 spiro atoms. The Labute approximate surface area is 170 Å². The van der Waals surface area contributed by atoms with Gasteiger partial charge in [0.25, 0.3) is 0 Å². The summed E-state index contributed by atoms with van der Waals surface area (Å²) in [7, 11) is 0. The van der Waals surface area contributed by atoms with Crippen molar-refractivity contribution in [3.05, 3.63) is 57.2 Å². The lowest BCUT2D eigenvalue weighted by molar-refractivity contribution is -0.404. The number of phenolic OH excluding ortho intramolecular Hbond substituents is 1. The molecule has 0 aliphatic rings. The van der Waals surface area contributed by atoms with Crippen LogP contribution in [0.2, 0.25) is 0 Å². The van der Waals surface area contributed by atoms with Crippen molar-refractivity contribution in [3.8, 4) is 5.75 Å². The summed E-state index contributed by atoms with van der Waals surface area (Å²) in [5, 5.41) is 13.9. The number of aromatic amines is 1. The summed E-state index contributed by atoms with van der Waals surface area (Å²) in [6.07, 6.45) is 1.66. The van der Waals surface area contributed by atoms with Crippen LogP contribution in [0.4, 0.5) is 5.69 Å². The monoisotopic (exact) mass is 416 g/mol. The van der Waals surface area contributed by atoms with Crippen molar-refractivity contribution in [1.29, 1.82) is 0 Å². The van der Waals surface area contributed by atoms with Crippen LogP contribution in [0.5, 0.6) is 5.75 Å². The van der Waals surface area contributed by atoms with Gasteiger partial charge in [-0.2, -0.15) is 4.57 Å². The number of benzene rings is 1. The second-order valence-corrected chi connectivity index (χ2v) is 8.67. The number of rotatable bonds is 6. The van der Waals surface area contributed by atoms with Crippen molar-refractivity contribution in [2.75, 3.05) is 11.1 Å². The second-order valence-electron chi connectivity index (χ2n) is 6.48. The van der Waals surface area contributed by atoms with E-state index in [4.69, 9.17) is 0 Å². The van der Waals surface area contributed by atoms with Gasteiger partial charge in [0.2, 0.25) is 5.91 Å². The Hall–Kier alpha value is -2.58. The van der Waals surface area contributed by atoms with Crippen LogP contribution < -0.4 is 15.9 Å². The Bertz CT molecular complexity index is 1130. The first-order valence-electron chi connectivity index (χ1n) is 8.70. The van der Waals surface area contributed by atoms with E-state index in [0.717, 1.165) is 20.8 Å². The maximum atomic E-state index is 12.9. The molecule has 3 N–H and O–H groups in total. The van der Waals surface area contributed by atoms with Crippen LogP contribution in [0, 0.1) is 20.8 Å². The van der Waals surface area contributed by atoms with Crippen LogP contribution >= 0.6 is 23.1 Å². The molecule has 0 saturated carbocycles. The van der Waals surface area contributed by atoms with Crippen LogP contribution in [0.1, 0.15) is 16.0 Å². The maximum Gasteiger partial charge on any atom is 0.347 e. The average Bonchev–Trinajstić information content (AvgIpc) is 2.93. The number of phenols is 1. The highest BCUT2D eigenvalue weighted by molar-refractivity contribution is 7.99. The van der Waals surface area contributed by atoms with Gasteiger partial charge in [-0.1, -0.05) is 30.1 Å². The predicted octanol–water partition coefficient (Wildman–Crippen LogP) is 3.42. The first-order chi connectivity index (χ1) is 13.3. The van der Waals surface area contributed by atoms with Crippen molar-refractivity contribution in [2.45, 2.75) is 32.5 Å². The van der Waals surface area contributed by atoms with Crippen LogP contribution in [-0.4, -0.2) is 21.3 Å². The van der Waals surface area contributed by atoms with E-state index in [9.17, 15) is 14.7 Å². The van der Waals surface area contributed by atoms with Gasteiger partial charge in [-0.25, -0.2) is 9.78 Å². The predicted molar refractivity (Wildman–Crippen MR) is 115 cm³/mol. The van der Waals surface area contributed by atoms with E-state index >= 15 is 0 Å². The highest BCUT2D eigenvalue weighted by atomic mass is 32.2. The van der Waals surface area contributed by atoms with Crippen molar-refractivity contribution < 1.29 is 14.9 Å². The van der Waals surface area contributed by atoms with E-state index in [-0.39, 0.29) is 23.0 Å². The van der Waals surface area contributed by atoms with E-state index in [1.54, 1.807) is 28.8 Å². The Morgan fingerprint density at radius 3 is 2.86 bits per heavy atom.